The molecule has 11 nitrogen and oxygen atoms in total. The fourth-order valence-electron chi connectivity index (χ4n) is 7.72. The first-order chi connectivity index (χ1) is 22.6. The van der Waals surface area contributed by atoms with Gasteiger partial charge in [-0.15, -0.1) is 0 Å². The summed E-state index contributed by atoms with van der Waals surface area (Å²) in [6, 6.07) is 2.13. The molecule has 2 fully saturated rings. The Morgan fingerprint density at radius 2 is 1.75 bits per heavy atom. The maximum Gasteiger partial charge on any atom is 0.285 e. The predicted octanol–water partition coefficient (Wildman–Crippen LogP) is 4.71. The number of rotatable bonds is 13. The van der Waals surface area contributed by atoms with Gasteiger partial charge in [-0.1, -0.05) is 58.5 Å². The van der Waals surface area contributed by atoms with Crippen LogP contribution >= 0.6 is 0 Å². The molecule has 3 amide bonds. The van der Waals surface area contributed by atoms with Gasteiger partial charge < -0.3 is 25.5 Å². The third-order valence-electron chi connectivity index (χ3n) is 10.2. The number of carbonyl (C=O) groups excluding carboxylic acids is 5. The molecule has 3 N–H and O–H groups in total. The highest BCUT2D eigenvalue weighted by Crippen LogP contribution is 2.41. The van der Waals surface area contributed by atoms with Crippen molar-refractivity contribution in [2.45, 2.75) is 130 Å². The van der Waals surface area contributed by atoms with Crippen molar-refractivity contribution in [1.29, 1.82) is 0 Å². The number of methoxy groups -OCH3 is 1. The number of Topliss-reactive ketones (excluding diaryl/α,β-unsaturated/α-hetero) is 2. The number of benzene rings is 1. The summed E-state index contributed by atoms with van der Waals surface area (Å²) in [5.41, 5.74) is 7.16. The minimum Gasteiger partial charge on any atom is -0.496 e. The van der Waals surface area contributed by atoms with Gasteiger partial charge in [0.1, 0.15) is 11.8 Å². The van der Waals surface area contributed by atoms with Crippen LogP contribution in [0.1, 0.15) is 115 Å². The van der Waals surface area contributed by atoms with Crippen LogP contribution in [0.2, 0.25) is 0 Å². The molecule has 0 bridgehead atoms. The summed E-state index contributed by atoms with van der Waals surface area (Å²) < 4.78 is 5.53. The number of nitrogens with zero attached hydrogens (tertiary/aromatic N) is 2. The molecule has 0 aromatic heterocycles. The van der Waals surface area contributed by atoms with Crippen molar-refractivity contribution in [1.82, 2.24) is 10.2 Å². The summed E-state index contributed by atoms with van der Waals surface area (Å²) >= 11 is 0. The number of ketones is 2. The second-order valence-corrected chi connectivity index (χ2v) is 15.3. The molecule has 1 aromatic carbocycles. The molecule has 11 heteroatoms. The van der Waals surface area contributed by atoms with Crippen LogP contribution < -0.4 is 15.8 Å². The lowest BCUT2D eigenvalue weighted by Gasteiger charge is -2.36. The zero-order chi connectivity index (χ0) is 35.4. The minimum atomic E-state index is -1.08. The largest absolute Gasteiger partial charge is 0.496 e. The van der Waals surface area contributed by atoms with Gasteiger partial charge in [0, 0.05) is 37.2 Å². The van der Waals surface area contributed by atoms with Crippen molar-refractivity contribution >= 4 is 35.0 Å². The van der Waals surface area contributed by atoms with Crippen molar-refractivity contribution in [2.24, 2.45) is 28.1 Å². The smallest absolute Gasteiger partial charge is 0.285 e. The Morgan fingerprint density at radius 1 is 1.10 bits per heavy atom. The van der Waals surface area contributed by atoms with Gasteiger partial charge in [-0.25, -0.2) is 0 Å². The number of likely N-dealkylation sites (tertiary alicyclic amines) is 1. The Morgan fingerprint density at radius 3 is 2.31 bits per heavy atom. The number of nitrogens with one attached hydrogen (secondary N) is 1. The number of aryl methyl sites for hydroxylation is 2. The van der Waals surface area contributed by atoms with E-state index in [2.05, 4.69) is 10.5 Å². The molecule has 3 aliphatic rings. The Bertz CT molecular complexity index is 1420. The normalized spacial score (nSPS) is 22.5. The fraction of sp³-hybridized carbons (Fsp3) is 0.676. The molecule has 1 saturated heterocycles. The number of oxime groups is 1. The third kappa shape index (κ3) is 8.44. The average Bonchev–Trinajstić information content (AvgIpc) is 3.62. The number of nitrogens with two attached hydrogens (primary N) is 1. The van der Waals surface area contributed by atoms with Crippen LogP contribution in [0.15, 0.2) is 17.3 Å². The Labute approximate surface area is 284 Å². The van der Waals surface area contributed by atoms with Crippen molar-refractivity contribution in [3.05, 3.63) is 28.8 Å². The van der Waals surface area contributed by atoms with E-state index in [1.807, 2.05) is 53.7 Å². The lowest BCUT2D eigenvalue weighted by molar-refractivity contribution is -0.145. The zero-order valence-electron chi connectivity index (χ0n) is 29.8. The molecule has 2 aliphatic heterocycles. The lowest BCUT2D eigenvalue weighted by Crippen LogP contribution is -2.57. The summed E-state index contributed by atoms with van der Waals surface area (Å²) in [5.74, 6) is -2.54. The summed E-state index contributed by atoms with van der Waals surface area (Å²) in [4.78, 5) is 74.1. The first kappa shape index (κ1) is 37.1. The van der Waals surface area contributed by atoms with Crippen molar-refractivity contribution in [3.8, 4) is 5.75 Å². The summed E-state index contributed by atoms with van der Waals surface area (Å²) in [5, 5.41) is 7.49. The molecule has 1 aromatic rings. The first-order valence-electron chi connectivity index (χ1n) is 17.5. The van der Waals surface area contributed by atoms with Crippen LogP contribution in [-0.4, -0.2) is 71.2 Å². The van der Waals surface area contributed by atoms with Gasteiger partial charge in [-0.3, -0.25) is 24.0 Å². The lowest BCUT2D eigenvalue weighted by atomic mass is 9.84. The highest BCUT2D eigenvalue weighted by Gasteiger charge is 2.55. The standard InChI is InChI=1S/C37H54N4O7/c1-8-12-25(31(44)34(38)45)18-29(42)28-20-37(19-27(40-48-37)26-15-22(2)32(47-7)23(3)16-26)21-41(28)35(46)33(36(4,5)6)39-30(43)17-24-13-10-9-11-14-24/h15-16,24-25,28,33H,8-14,17-21H2,1-7H3,(H2,38,45)(H,39,43)/t25-,28+,33-,37-/m1/s1. The van der Waals surface area contributed by atoms with Crippen molar-refractivity contribution in [2.75, 3.05) is 13.7 Å². The maximum absolute atomic E-state index is 14.6. The Balaban J connectivity index is 1.63. The molecule has 0 unspecified atom stereocenters. The van der Waals surface area contributed by atoms with Crippen LogP contribution in [0.5, 0.6) is 5.75 Å². The van der Waals surface area contributed by atoms with Crippen LogP contribution in [0, 0.1) is 31.1 Å². The predicted molar refractivity (Wildman–Crippen MR) is 182 cm³/mol. The van der Waals surface area contributed by atoms with E-state index < -0.39 is 40.7 Å². The van der Waals surface area contributed by atoms with E-state index in [-0.39, 0.29) is 37.0 Å². The molecule has 0 radical (unpaired) electrons. The number of amides is 3. The van der Waals surface area contributed by atoms with Crippen LogP contribution in [0.3, 0.4) is 0 Å². The average molecular weight is 667 g/mol. The summed E-state index contributed by atoms with van der Waals surface area (Å²) in [6.45, 7) is 11.5. The summed E-state index contributed by atoms with van der Waals surface area (Å²) in [7, 11) is 1.63. The van der Waals surface area contributed by atoms with Gasteiger partial charge in [-0.2, -0.15) is 0 Å². The van der Waals surface area contributed by atoms with E-state index in [9.17, 15) is 24.0 Å². The fourth-order valence-corrected chi connectivity index (χ4v) is 7.72. The molecule has 264 valence electrons. The third-order valence-corrected chi connectivity index (χ3v) is 10.2. The minimum absolute atomic E-state index is 0.0800. The van der Waals surface area contributed by atoms with E-state index in [4.69, 9.17) is 15.3 Å². The van der Waals surface area contributed by atoms with E-state index in [1.165, 1.54) is 11.3 Å². The van der Waals surface area contributed by atoms with Gasteiger partial charge >= 0.3 is 0 Å². The van der Waals surface area contributed by atoms with Crippen LogP contribution in [0.25, 0.3) is 0 Å². The first-order valence-corrected chi connectivity index (χ1v) is 17.5. The molecule has 2 heterocycles. The maximum atomic E-state index is 14.6. The van der Waals surface area contributed by atoms with Crippen molar-refractivity contribution in [3.63, 3.8) is 0 Å². The molecule has 1 aliphatic carbocycles. The zero-order valence-corrected chi connectivity index (χ0v) is 29.8. The van der Waals surface area contributed by atoms with Gasteiger partial charge in [0.05, 0.1) is 25.4 Å². The number of primary amides is 1. The van der Waals surface area contributed by atoms with Gasteiger partial charge in [0.25, 0.3) is 5.91 Å². The Kier molecular flexibility index (Phi) is 11.7. The highest BCUT2D eigenvalue weighted by atomic mass is 16.7. The number of carbonyl (C=O) groups is 5. The monoisotopic (exact) mass is 666 g/mol. The SMILES string of the molecule is CCC[C@H](CC(=O)[C@@H]1C[C@]2(CC(c3cc(C)c(OC)c(C)c3)=NO2)CN1C(=O)[C@@H](NC(=O)CC1CCCCC1)C(C)(C)C)C(=O)C(N)=O. The van der Waals surface area contributed by atoms with Gasteiger partial charge in [-0.05, 0) is 67.7 Å². The molecule has 48 heavy (non-hydrogen) atoms. The highest BCUT2D eigenvalue weighted by molar-refractivity contribution is 6.36. The van der Waals surface area contributed by atoms with Crippen LogP contribution in [-0.2, 0) is 28.8 Å². The molecule has 1 spiro atoms. The van der Waals surface area contributed by atoms with Gasteiger partial charge in [0.15, 0.2) is 11.4 Å². The topological polar surface area (TPSA) is 157 Å². The van der Waals surface area contributed by atoms with Gasteiger partial charge in [0.2, 0.25) is 17.6 Å². The second kappa shape index (κ2) is 15.2. The number of ether oxygens (including phenoxy) is 1. The second-order valence-electron chi connectivity index (χ2n) is 15.3. The molecular weight excluding hydrogens is 612 g/mol. The van der Waals surface area contributed by atoms with E-state index in [0.717, 1.165) is 48.1 Å². The van der Waals surface area contributed by atoms with E-state index >= 15 is 0 Å². The number of hydrogen-bond donors (Lipinski definition) is 2. The number of hydrogen-bond acceptors (Lipinski definition) is 8. The van der Waals surface area contributed by atoms with E-state index in [1.54, 1.807) is 7.11 Å². The molecular formula is C37H54N4O7. The van der Waals surface area contributed by atoms with Crippen molar-refractivity contribution < 1.29 is 33.5 Å². The molecule has 4 atom stereocenters. The molecule has 4 rings (SSSR count). The quantitative estimate of drug-likeness (QED) is 0.289. The molecule has 1 saturated carbocycles. The van der Waals surface area contributed by atoms with Crippen LogP contribution in [0.4, 0.5) is 0 Å². The Hall–Kier alpha value is -3.76. The summed E-state index contributed by atoms with van der Waals surface area (Å²) in [6.07, 6.45) is 6.96. The van der Waals surface area contributed by atoms with E-state index in [0.29, 0.717) is 37.3 Å².